The van der Waals surface area contributed by atoms with Gasteiger partial charge < -0.3 is 10.2 Å². The largest absolute Gasteiger partial charge is 0.334 e. The lowest BCUT2D eigenvalue weighted by Crippen LogP contribution is -2.48. The minimum atomic E-state index is 0.0384. The number of amides is 1. The van der Waals surface area contributed by atoms with E-state index >= 15 is 0 Å². The molecular weight excluding hydrogens is 316 g/mol. The molecule has 0 bridgehead atoms. The van der Waals surface area contributed by atoms with E-state index in [1.165, 1.54) is 18.4 Å². The summed E-state index contributed by atoms with van der Waals surface area (Å²) in [5.74, 6) is 0.298. The summed E-state index contributed by atoms with van der Waals surface area (Å²) in [6, 6.07) is 8.66. The second-order valence-electron chi connectivity index (χ2n) is 5.75. The molecule has 0 radical (unpaired) electrons. The van der Waals surface area contributed by atoms with Crippen molar-refractivity contribution < 1.29 is 4.79 Å². The molecule has 0 spiro atoms. The predicted molar refractivity (Wildman–Crippen MR) is 83.5 cm³/mol. The molecule has 0 aliphatic carbocycles. The normalized spacial score (nSPS) is 26.8. The smallest absolute Gasteiger partial charge is 0.240 e. The van der Waals surface area contributed by atoms with Crippen molar-refractivity contribution >= 4 is 21.8 Å². The average molecular weight is 337 g/mol. The number of carbonyl (C=O) groups excluding carboxylic acids is 1. The third-order valence-corrected chi connectivity index (χ3v) is 4.87. The highest BCUT2D eigenvalue weighted by Gasteiger charge is 2.34. The van der Waals surface area contributed by atoms with Gasteiger partial charge >= 0.3 is 0 Å². The van der Waals surface area contributed by atoms with Gasteiger partial charge in [0, 0.05) is 11.0 Å². The van der Waals surface area contributed by atoms with Crippen molar-refractivity contribution in [2.24, 2.45) is 0 Å². The van der Waals surface area contributed by atoms with E-state index in [4.69, 9.17) is 0 Å². The van der Waals surface area contributed by atoms with Crippen LogP contribution in [0.1, 0.15) is 43.7 Å². The van der Waals surface area contributed by atoms with Crippen LogP contribution in [0, 0.1) is 0 Å². The maximum atomic E-state index is 12.7. The summed E-state index contributed by atoms with van der Waals surface area (Å²) in [6.45, 7) is 1.87. The van der Waals surface area contributed by atoms with Gasteiger partial charge in [-0.2, -0.15) is 0 Å². The van der Waals surface area contributed by atoms with Crippen LogP contribution in [-0.4, -0.2) is 29.9 Å². The Morgan fingerprint density at radius 3 is 2.90 bits per heavy atom. The monoisotopic (exact) mass is 336 g/mol. The number of benzene rings is 1. The number of nitrogens with zero attached hydrogens (tertiary/aromatic N) is 1. The molecule has 2 aliphatic heterocycles. The Kier molecular flexibility index (Phi) is 4.41. The van der Waals surface area contributed by atoms with Crippen LogP contribution in [0.3, 0.4) is 0 Å². The molecule has 1 amide bonds. The number of halogens is 1. The van der Waals surface area contributed by atoms with E-state index in [0.29, 0.717) is 5.91 Å². The molecule has 4 heteroatoms. The van der Waals surface area contributed by atoms with Crippen molar-refractivity contribution in [3.8, 4) is 0 Å². The topological polar surface area (TPSA) is 32.3 Å². The fourth-order valence-corrected chi connectivity index (χ4v) is 3.77. The fraction of sp³-hybridized carbons (Fsp3) is 0.562. The van der Waals surface area contributed by atoms with Crippen LogP contribution in [-0.2, 0) is 4.79 Å². The molecule has 2 aliphatic rings. The molecule has 2 atom stereocenters. The number of rotatable bonds is 2. The zero-order chi connectivity index (χ0) is 13.9. The summed E-state index contributed by atoms with van der Waals surface area (Å²) < 4.78 is 1.09. The highest BCUT2D eigenvalue weighted by molar-refractivity contribution is 9.10. The summed E-state index contributed by atoms with van der Waals surface area (Å²) in [4.78, 5) is 14.8. The number of carbonyl (C=O) groups is 1. The molecule has 3 nitrogen and oxygen atoms in total. The van der Waals surface area contributed by atoms with Gasteiger partial charge in [-0.25, -0.2) is 0 Å². The summed E-state index contributed by atoms with van der Waals surface area (Å²) in [6.07, 6.45) is 5.53. The average Bonchev–Trinajstić information content (AvgIpc) is 2.97. The molecule has 3 rings (SSSR count). The van der Waals surface area contributed by atoms with Crippen LogP contribution in [0.4, 0.5) is 0 Å². The minimum absolute atomic E-state index is 0.0384. The van der Waals surface area contributed by atoms with Gasteiger partial charge in [0.25, 0.3) is 0 Å². The molecule has 1 N–H and O–H groups in total. The highest BCUT2D eigenvalue weighted by Crippen LogP contribution is 2.34. The van der Waals surface area contributed by atoms with Crippen LogP contribution >= 0.6 is 15.9 Å². The Labute approximate surface area is 128 Å². The second kappa shape index (κ2) is 6.27. The first-order valence-corrected chi connectivity index (χ1v) is 8.34. The van der Waals surface area contributed by atoms with Crippen molar-refractivity contribution in [2.75, 3.05) is 13.1 Å². The van der Waals surface area contributed by atoms with E-state index in [9.17, 15) is 4.79 Å². The molecule has 1 aromatic carbocycles. The zero-order valence-electron chi connectivity index (χ0n) is 11.6. The van der Waals surface area contributed by atoms with Crippen molar-refractivity contribution in [3.05, 3.63) is 34.3 Å². The Morgan fingerprint density at radius 1 is 1.25 bits per heavy atom. The van der Waals surface area contributed by atoms with Crippen LogP contribution < -0.4 is 5.32 Å². The maximum Gasteiger partial charge on any atom is 0.240 e. The Hall–Kier alpha value is -0.870. The van der Waals surface area contributed by atoms with Crippen molar-refractivity contribution in [1.82, 2.24) is 10.2 Å². The van der Waals surface area contributed by atoms with E-state index < -0.39 is 0 Å². The third-order valence-electron chi connectivity index (χ3n) is 4.38. The standard InChI is InChI=1S/C16H21BrN2O/c17-13-6-3-5-12(11-13)15-8-4-10-19(15)16(20)14-7-1-2-9-18-14/h3,5-6,11,14-15,18H,1-2,4,7-10H2/t14-,15?/m0/s1. The number of piperidine rings is 1. The van der Waals surface area contributed by atoms with E-state index in [1.54, 1.807) is 0 Å². The molecule has 108 valence electrons. The number of likely N-dealkylation sites (tertiary alicyclic amines) is 1. The van der Waals surface area contributed by atoms with Gasteiger partial charge in [0.2, 0.25) is 5.91 Å². The van der Waals surface area contributed by atoms with Crippen LogP contribution in [0.5, 0.6) is 0 Å². The number of hydrogen-bond acceptors (Lipinski definition) is 2. The van der Waals surface area contributed by atoms with Gasteiger partial charge in [0.05, 0.1) is 12.1 Å². The number of hydrogen-bond donors (Lipinski definition) is 1. The lowest BCUT2D eigenvalue weighted by Gasteiger charge is -2.31. The van der Waals surface area contributed by atoms with Crippen molar-refractivity contribution in [3.63, 3.8) is 0 Å². The summed E-state index contributed by atoms with van der Waals surface area (Å²) in [5.41, 5.74) is 1.25. The number of nitrogens with one attached hydrogen (secondary N) is 1. The molecule has 1 unspecified atom stereocenters. The van der Waals surface area contributed by atoms with Crippen molar-refractivity contribution in [2.45, 2.75) is 44.2 Å². The van der Waals surface area contributed by atoms with E-state index in [2.05, 4.69) is 44.3 Å². The Morgan fingerprint density at radius 2 is 2.15 bits per heavy atom. The lowest BCUT2D eigenvalue weighted by atomic mass is 10.0. The molecule has 0 saturated carbocycles. The van der Waals surface area contributed by atoms with E-state index in [1.807, 2.05) is 6.07 Å². The maximum absolute atomic E-state index is 12.7. The van der Waals surface area contributed by atoms with Crippen molar-refractivity contribution in [1.29, 1.82) is 0 Å². The molecule has 2 fully saturated rings. The minimum Gasteiger partial charge on any atom is -0.334 e. The van der Waals surface area contributed by atoms with Gasteiger partial charge in [0.15, 0.2) is 0 Å². The zero-order valence-corrected chi connectivity index (χ0v) is 13.2. The molecule has 2 saturated heterocycles. The first kappa shape index (κ1) is 14.1. The SMILES string of the molecule is O=C([C@@H]1CCCCN1)N1CCCC1c1cccc(Br)c1. The van der Waals surface area contributed by atoms with Gasteiger partial charge in [-0.3, -0.25) is 4.79 Å². The molecule has 20 heavy (non-hydrogen) atoms. The molecule has 0 aromatic heterocycles. The summed E-state index contributed by atoms with van der Waals surface area (Å²) >= 11 is 3.53. The second-order valence-corrected chi connectivity index (χ2v) is 6.66. The first-order chi connectivity index (χ1) is 9.75. The fourth-order valence-electron chi connectivity index (χ4n) is 3.35. The summed E-state index contributed by atoms with van der Waals surface area (Å²) in [7, 11) is 0. The van der Waals surface area contributed by atoms with Crippen LogP contribution in [0.2, 0.25) is 0 Å². The van der Waals surface area contributed by atoms with Gasteiger partial charge in [-0.15, -0.1) is 0 Å². The van der Waals surface area contributed by atoms with Gasteiger partial charge in [-0.1, -0.05) is 34.5 Å². The molecule has 1 aromatic rings. The first-order valence-electron chi connectivity index (χ1n) is 7.55. The van der Waals surface area contributed by atoms with Gasteiger partial charge in [-0.05, 0) is 49.9 Å². The Balaban J connectivity index is 1.76. The molecule has 2 heterocycles. The quantitative estimate of drug-likeness (QED) is 0.898. The molecular formula is C16H21BrN2O. The van der Waals surface area contributed by atoms with Crippen LogP contribution in [0.25, 0.3) is 0 Å². The predicted octanol–water partition coefficient (Wildman–Crippen LogP) is 3.25. The van der Waals surface area contributed by atoms with Crippen LogP contribution in [0.15, 0.2) is 28.7 Å². The van der Waals surface area contributed by atoms with E-state index in [-0.39, 0.29) is 12.1 Å². The summed E-state index contributed by atoms with van der Waals surface area (Å²) in [5, 5.41) is 3.38. The highest BCUT2D eigenvalue weighted by atomic mass is 79.9. The lowest BCUT2D eigenvalue weighted by molar-refractivity contribution is -0.135. The van der Waals surface area contributed by atoms with E-state index in [0.717, 1.165) is 36.8 Å². The van der Waals surface area contributed by atoms with Gasteiger partial charge in [0.1, 0.15) is 0 Å². The Bertz CT molecular complexity index is 485. The third kappa shape index (κ3) is 2.91.